The van der Waals surface area contributed by atoms with Gasteiger partial charge in [0.25, 0.3) is 5.56 Å². The standard InChI is InChI=1S/C21H22F2N4O5/c1-3-31-20(29)12(2)26-11-24-18-17(26)19(28)25(10-14-5-4-8-32-14)21(30)27(18)16-7-6-13(22)9-15(16)23/h6-7,9,11-12,14H,3-5,8,10H2,1-2H3. The molecule has 11 heteroatoms. The molecule has 0 N–H and O–H groups in total. The molecule has 170 valence electrons. The number of carbonyl (C=O) groups excluding carboxylic acids is 1. The van der Waals surface area contributed by atoms with Crippen molar-refractivity contribution < 1.29 is 23.0 Å². The summed E-state index contributed by atoms with van der Waals surface area (Å²) in [7, 11) is 0. The molecule has 1 saturated heterocycles. The molecule has 9 nitrogen and oxygen atoms in total. The minimum atomic E-state index is -0.997. The van der Waals surface area contributed by atoms with Crippen LogP contribution >= 0.6 is 0 Å². The van der Waals surface area contributed by atoms with Gasteiger partial charge in [0.1, 0.15) is 17.7 Å². The van der Waals surface area contributed by atoms with E-state index < -0.39 is 34.9 Å². The Balaban J connectivity index is 2.00. The van der Waals surface area contributed by atoms with E-state index in [2.05, 4.69) is 4.98 Å². The summed E-state index contributed by atoms with van der Waals surface area (Å²) in [5.41, 5.74) is -2.01. The Hall–Kier alpha value is -3.34. The van der Waals surface area contributed by atoms with Crippen molar-refractivity contribution in [3.8, 4) is 5.69 Å². The van der Waals surface area contributed by atoms with Gasteiger partial charge in [-0.3, -0.25) is 9.36 Å². The van der Waals surface area contributed by atoms with Crippen LogP contribution < -0.4 is 11.2 Å². The lowest BCUT2D eigenvalue weighted by Gasteiger charge is -2.17. The average Bonchev–Trinajstić information content (AvgIpc) is 3.42. The van der Waals surface area contributed by atoms with Crippen LogP contribution in [0.15, 0.2) is 34.1 Å². The number of carbonyl (C=O) groups is 1. The van der Waals surface area contributed by atoms with Crippen LogP contribution in [0.25, 0.3) is 16.9 Å². The molecule has 32 heavy (non-hydrogen) atoms. The van der Waals surface area contributed by atoms with Crippen molar-refractivity contribution in [1.29, 1.82) is 0 Å². The zero-order valence-electron chi connectivity index (χ0n) is 17.6. The Morgan fingerprint density at radius 2 is 2.12 bits per heavy atom. The van der Waals surface area contributed by atoms with Gasteiger partial charge in [-0.15, -0.1) is 0 Å². The maximum Gasteiger partial charge on any atom is 0.337 e. The molecule has 0 saturated carbocycles. The Morgan fingerprint density at radius 1 is 1.34 bits per heavy atom. The highest BCUT2D eigenvalue weighted by atomic mass is 19.1. The first-order chi connectivity index (χ1) is 15.3. The van der Waals surface area contributed by atoms with Gasteiger partial charge in [0.2, 0.25) is 0 Å². The first-order valence-corrected chi connectivity index (χ1v) is 10.3. The Bertz CT molecular complexity index is 1290. The number of ether oxygens (including phenoxy) is 2. The second-order valence-corrected chi connectivity index (χ2v) is 7.52. The largest absolute Gasteiger partial charge is 0.464 e. The van der Waals surface area contributed by atoms with E-state index in [1.54, 1.807) is 6.92 Å². The van der Waals surface area contributed by atoms with Crippen LogP contribution in [-0.4, -0.2) is 44.0 Å². The van der Waals surface area contributed by atoms with Gasteiger partial charge in [-0.25, -0.2) is 27.9 Å². The summed E-state index contributed by atoms with van der Waals surface area (Å²) in [6.07, 6.45) is 2.32. The smallest absolute Gasteiger partial charge is 0.337 e. The molecule has 4 rings (SSSR count). The van der Waals surface area contributed by atoms with Crippen molar-refractivity contribution in [3.05, 3.63) is 57.0 Å². The normalized spacial score (nSPS) is 17.1. The second kappa shape index (κ2) is 8.65. The first kappa shape index (κ1) is 21.9. The van der Waals surface area contributed by atoms with Crippen molar-refractivity contribution in [3.63, 3.8) is 0 Å². The molecular formula is C21H22F2N4O5. The molecule has 3 heterocycles. The minimum Gasteiger partial charge on any atom is -0.464 e. The maximum atomic E-state index is 14.7. The molecule has 0 spiro atoms. The van der Waals surface area contributed by atoms with E-state index in [1.165, 1.54) is 17.8 Å². The van der Waals surface area contributed by atoms with Crippen LogP contribution in [0, 0.1) is 11.6 Å². The topological polar surface area (TPSA) is 97.4 Å². The van der Waals surface area contributed by atoms with Gasteiger partial charge in [0, 0.05) is 12.7 Å². The number of hydrogen-bond donors (Lipinski definition) is 0. The lowest BCUT2D eigenvalue weighted by molar-refractivity contribution is -0.146. The number of benzene rings is 1. The molecule has 1 aromatic carbocycles. The van der Waals surface area contributed by atoms with Gasteiger partial charge in [-0.2, -0.15) is 0 Å². The van der Waals surface area contributed by atoms with E-state index in [-0.39, 0.29) is 36.1 Å². The fourth-order valence-electron chi connectivity index (χ4n) is 3.85. The molecule has 1 fully saturated rings. The van der Waals surface area contributed by atoms with Crippen molar-refractivity contribution in [2.45, 2.75) is 45.4 Å². The first-order valence-electron chi connectivity index (χ1n) is 10.3. The van der Waals surface area contributed by atoms with E-state index in [9.17, 15) is 23.2 Å². The quantitative estimate of drug-likeness (QED) is 0.535. The number of halogens is 2. The van der Waals surface area contributed by atoms with E-state index in [0.717, 1.165) is 27.7 Å². The van der Waals surface area contributed by atoms with E-state index in [1.807, 2.05) is 0 Å². The molecule has 0 bridgehead atoms. The number of fused-ring (bicyclic) bond motifs is 1. The highest BCUT2D eigenvalue weighted by Gasteiger charge is 2.27. The zero-order chi connectivity index (χ0) is 23.0. The number of hydrogen-bond acceptors (Lipinski definition) is 6. The van der Waals surface area contributed by atoms with Crippen LogP contribution in [0.4, 0.5) is 8.78 Å². The summed E-state index contributed by atoms with van der Waals surface area (Å²) in [6.45, 7) is 3.79. The molecule has 3 aromatic rings. The highest BCUT2D eigenvalue weighted by Crippen LogP contribution is 2.21. The van der Waals surface area contributed by atoms with E-state index in [0.29, 0.717) is 19.1 Å². The van der Waals surface area contributed by atoms with Crippen molar-refractivity contribution in [2.75, 3.05) is 13.2 Å². The fraction of sp³-hybridized carbons (Fsp3) is 0.429. The van der Waals surface area contributed by atoms with Crippen molar-refractivity contribution in [2.24, 2.45) is 0 Å². The van der Waals surface area contributed by atoms with Crippen LogP contribution in [0.3, 0.4) is 0 Å². The molecule has 2 unspecified atom stereocenters. The van der Waals surface area contributed by atoms with E-state index in [4.69, 9.17) is 9.47 Å². The lowest BCUT2D eigenvalue weighted by atomic mass is 10.2. The molecule has 2 atom stereocenters. The van der Waals surface area contributed by atoms with Gasteiger partial charge in [-0.1, -0.05) is 0 Å². The summed E-state index contributed by atoms with van der Waals surface area (Å²) in [4.78, 5) is 43.1. The molecule has 1 aliphatic rings. The number of aromatic nitrogens is 4. The molecule has 0 radical (unpaired) electrons. The van der Waals surface area contributed by atoms with Gasteiger partial charge in [0.05, 0.1) is 31.3 Å². The molecule has 0 amide bonds. The van der Waals surface area contributed by atoms with Gasteiger partial charge >= 0.3 is 11.7 Å². The monoisotopic (exact) mass is 448 g/mol. The minimum absolute atomic E-state index is 0.0462. The maximum absolute atomic E-state index is 14.7. The molecule has 0 aliphatic carbocycles. The number of rotatable bonds is 6. The summed E-state index contributed by atoms with van der Waals surface area (Å²) < 4.78 is 41.9. The summed E-state index contributed by atoms with van der Waals surface area (Å²) in [5.74, 6) is -2.41. The summed E-state index contributed by atoms with van der Waals surface area (Å²) in [6, 6.07) is 1.82. The predicted octanol–water partition coefficient (Wildman–Crippen LogP) is 1.93. The summed E-state index contributed by atoms with van der Waals surface area (Å²) in [5, 5.41) is 0. The Labute approximate surface area is 180 Å². The van der Waals surface area contributed by atoms with E-state index >= 15 is 0 Å². The Morgan fingerprint density at radius 3 is 2.78 bits per heavy atom. The predicted molar refractivity (Wildman–Crippen MR) is 110 cm³/mol. The lowest BCUT2D eigenvalue weighted by Crippen LogP contribution is -2.43. The molecular weight excluding hydrogens is 426 g/mol. The van der Waals surface area contributed by atoms with Crippen LogP contribution in [0.5, 0.6) is 0 Å². The van der Waals surface area contributed by atoms with Crippen molar-refractivity contribution >= 4 is 17.1 Å². The van der Waals surface area contributed by atoms with Gasteiger partial charge in [0.15, 0.2) is 11.2 Å². The highest BCUT2D eigenvalue weighted by molar-refractivity contribution is 5.79. The number of nitrogens with zero attached hydrogens (tertiary/aromatic N) is 4. The second-order valence-electron chi connectivity index (χ2n) is 7.52. The number of imidazole rings is 1. The zero-order valence-corrected chi connectivity index (χ0v) is 17.6. The van der Waals surface area contributed by atoms with Crippen molar-refractivity contribution in [1.82, 2.24) is 18.7 Å². The Kier molecular flexibility index (Phi) is 5.92. The molecule has 1 aliphatic heterocycles. The summed E-state index contributed by atoms with van der Waals surface area (Å²) >= 11 is 0. The number of esters is 1. The third-order valence-electron chi connectivity index (χ3n) is 5.46. The van der Waals surface area contributed by atoms with Crippen LogP contribution in [-0.2, 0) is 20.8 Å². The third kappa shape index (κ3) is 3.72. The van der Waals surface area contributed by atoms with Gasteiger partial charge in [-0.05, 0) is 38.8 Å². The average molecular weight is 448 g/mol. The van der Waals surface area contributed by atoms with Crippen LogP contribution in [0.2, 0.25) is 0 Å². The van der Waals surface area contributed by atoms with Crippen LogP contribution in [0.1, 0.15) is 32.7 Å². The fourth-order valence-corrected chi connectivity index (χ4v) is 3.85. The molecule has 2 aromatic heterocycles. The van der Waals surface area contributed by atoms with Gasteiger partial charge < -0.3 is 14.0 Å². The SMILES string of the molecule is CCOC(=O)C(C)n1cnc2c1c(=O)n(CC1CCCO1)c(=O)n2-c1ccc(F)cc1F. The third-order valence-corrected chi connectivity index (χ3v) is 5.46.